The lowest BCUT2D eigenvalue weighted by molar-refractivity contribution is -0.143. The monoisotopic (exact) mass is 408 g/mol. The quantitative estimate of drug-likeness (QED) is 0.770. The molecule has 154 valence electrons. The Morgan fingerprint density at radius 3 is 2.39 bits per heavy atom. The maximum atomic E-state index is 13.3. The maximum absolute atomic E-state index is 13.3. The van der Waals surface area contributed by atoms with Crippen LogP contribution in [-0.2, 0) is 14.8 Å². The van der Waals surface area contributed by atoms with Crippen LogP contribution in [0, 0.1) is 17.7 Å². The Kier molecular flexibility index (Phi) is 5.74. The summed E-state index contributed by atoms with van der Waals surface area (Å²) in [7, 11) is -3.70. The smallest absolute Gasteiger partial charge is 0.243 e. The summed E-state index contributed by atoms with van der Waals surface area (Å²) < 4.78 is 40.5. The Balaban J connectivity index is 1.48. The molecule has 0 aromatic heterocycles. The molecular weight excluding hydrogens is 379 g/mol. The molecule has 0 radical (unpaired) electrons. The van der Waals surface area contributed by atoms with Gasteiger partial charge in [0.25, 0.3) is 0 Å². The molecule has 3 aliphatic rings. The van der Waals surface area contributed by atoms with Crippen molar-refractivity contribution >= 4 is 15.9 Å². The van der Waals surface area contributed by atoms with Crippen molar-refractivity contribution in [2.75, 3.05) is 19.6 Å². The predicted molar refractivity (Wildman–Crippen MR) is 105 cm³/mol. The number of carbonyl (C=O) groups is 1. The fraction of sp³-hybridized carbons (Fsp3) is 0.667. The molecule has 1 aromatic rings. The second-order valence-corrected chi connectivity index (χ2v) is 10.4. The van der Waals surface area contributed by atoms with Gasteiger partial charge in [-0.2, -0.15) is 4.31 Å². The molecule has 28 heavy (non-hydrogen) atoms. The van der Waals surface area contributed by atoms with Crippen LogP contribution in [-0.4, -0.2) is 49.2 Å². The van der Waals surface area contributed by atoms with E-state index in [1.165, 1.54) is 42.1 Å². The third kappa shape index (κ3) is 3.83. The van der Waals surface area contributed by atoms with Gasteiger partial charge in [0.05, 0.1) is 10.8 Å². The number of nitrogens with zero attached hydrogens (tertiary/aromatic N) is 2. The highest BCUT2D eigenvalue weighted by molar-refractivity contribution is 7.89. The van der Waals surface area contributed by atoms with Crippen LogP contribution in [0.15, 0.2) is 29.2 Å². The molecule has 1 saturated carbocycles. The maximum Gasteiger partial charge on any atom is 0.243 e. The Bertz CT molecular complexity index is 809. The molecule has 5 nitrogen and oxygen atoms in total. The molecular formula is C21H29FN2O3S. The number of likely N-dealkylation sites (tertiary alicyclic amines) is 1. The minimum absolute atomic E-state index is 0.0901. The average Bonchev–Trinajstić information content (AvgIpc) is 2.73. The number of hydrogen-bond donors (Lipinski definition) is 0. The molecule has 1 amide bonds. The van der Waals surface area contributed by atoms with Gasteiger partial charge < -0.3 is 4.90 Å². The lowest BCUT2D eigenvalue weighted by atomic mass is 9.77. The predicted octanol–water partition coefficient (Wildman–Crippen LogP) is 3.41. The number of halogens is 1. The van der Waals surface area contributed by atoms with E-state index in [1.807, 2.05) is 0 Å². The van der Waals surface area contributed by atoms with Crippen molar-refractivity contribution in [1.29, 1.82) is 0 Å². The Labute approximate surface area is 166 Å². The van der Waals surface area contributed by atoms with Crippen LogP contribution in [0.1, 0.15) is 51.4 Å². The van der Waals surface area contributed by atoms with Crippen molar-refractivity contribution in [3.63, 3.8) is 0 Å². The molecule has 1 aromatic carbocycles. The minimum atomic E-state index is -3.70. The third-order valence-electron chi connectivity index (χ3n) is 6.71. The van der Waals surface area contributed by atoms with Gasteiger partial charge in [-0.05, 0) is 68.7 Å². The molecule has 1 aliphatic carbocycles. The van der Waals surface area contributed by atoms with E-state index >= 15 is 0 Å². The van der Waals surface area contributed by atoms with Crippen LogP contribution in [0.5, 0.6) is 0 Å². The molecule has 2 aliphatic heterocycles. The average molecular weight is 409 g/mol. The summed E-state index contributed by atoms with van der Waals surface area (Å²) in [5, 5.41) is 0. The number of amides is 1. The molecule has 3 atom stereocenters. The highest BCUT2D eigenvalue weighted by Crippen LogP contribution is 2.37. The Morgan fingerprint density at radius 2 is 1.61 bits per heavy atom. The number of sulfonamides is 1. The minimum Gasteiger partial charge on any atom is -0.339 e. The largest absolute Gasteiger partial charge is 0.339 e. The van der Waals surface area contributed by atoms with Crippen LogP contribution < -0.4 is 0 Å². The summed E-state index contributed by atoms with van der Waals surface area (Å²) in [6.45, 7) is 1.45. The summed E-state index contributed by atoms with van der Waals surface area (Å²) in [6, 6.07) is 5.27. The number of carbonyl (C=O) groups excluding carboxylic acids is 1. The zero-order chi connectivity index (χ0) is 19.7. The van der Waals surface area contributed by atoms with Gasteiger partial charge in [-0.3, -0.25) is 4.79 Å². The van der Waals surface area contributed by atoms with Gasteiger partial charge in [-0.15, -0.1) is 0 Å². The number of hydrogen-bond acceptors (Lipinski definition) is 3. The lowest BCUT2D eigenvalue weighted by Crippen LogP contribution is -2.54. The normalized spacial score (nSPS) is 29.3. The summed E-state index contributed by atoms with van der Waals surface area (Å²) >= 11 is 0. The molecule has 4 rings (SSSR count). The highest BCUT2D eigenvalue weighted by atomic mass is 32.2. The molecule has 0 bridgehead atoms. The molecule has 7 heteroatoms. The van der Waals surface area contributed by atoms with E-state index in [4.69, 9.17) is 0 Å². The van der Waals surface area contributed by atoms with Gasteiger partial charge in [-0.1, -0.05) is 12.8 Å². The van der Waals surface area contributed by atoms with E-state index in [0.29, 0.717) is 24.9 Å². The fourth-order valence-corrected chi connectivity index (χ4v) is 6.77. The molecule has 0 N–H and O–H groups in total. The zero-order valence-electron chi connectivity index (χ0n) is 16.2. The van der Waals surface area contributed by atoms with Gasteiger partial charge in [0.1, 0.15) is 5.82 Å². The summed E-state index contributed by atoms with van der Waals surface area (Å²) in [5.41, 5.74) is 0. The van der Waals surface area contributed by atoms with E-state index in [2.05, 4.69) is 4.90 Å². The van der Waals surface area contributed by atoms with Crippen LogP contribution in [0.3, 0.4) is 0 Å². The second-order valence-electron chi connectivity index (χ2n) is 8.44. The van der Waals surface area contributed by atoms with Crippen LogP contribution in [0.2, 0.25) is 0 Å². The number of benzene rings is 1. The van der Waals surface area contributed by atoms with Crippen molar-refractivity contribution in [1.82, 2.24) is 9.21 Å². The first-order valence-corrected chi connectivity index (χ1v) is 12.0. The first-order chi connectivity index (χ1) is 13.5. The fourth-order valence-electron chi connectivity index (χ4n) is 5.25. The van der Waals surface area contributed by atoms with Crippen molar-refractivity contribution in [2.24, 2.45) is 11.8 Å². The lowest BCUT2D eigenvalue weighted by Gasteiger charge is -2.46. The van der Waals surface area contributed by atoms with Gasteiger partial charge >= 0.3 is 0 Å². The summed E-state index contributed by atoms with van der Waals surface area (Å²) in [6.07, 6.45) is 8.42. The molecule has 0 unspecified atom stereocenters. The zero-order valence-corrected chi connectivity index (χ0v) is 17.0. The second kappa shape index (κ2) is 8.11. The standard InChI is InChI=1S/C21H29FN2O3S/c22-18-9-11-19(12-10-18)28(26,27)23-13-3-7-17(15-23)21(25)24-14-4-6-16-5-1-2-8-20(16)24/h9-12,16-17,20H,1-8,13-15H2/t16-,17+,20+/m0/s1. The molecule has 3 fully saturated rings. The van der Waals surface area contributed by atoms with E-state index in [-0.39, 0.29) is 23.3 Å². The SMILES string of the molecule is O=C([C@@H]1CCCN(S(=O)(=O)c2ccc(F)cc2)C1)N1CCC[C@@H]2CCCC[C@H]21. The first kappa shape index (κ1) is 19.8. The van der Waals surface area contributed by atoms with E-state index in [0.717, 1.165) is 37.9 Å². The van der Waals surface area contributed by atoms with E-state index < -0.39 is 15.8 Å². The van der Waals surface area contributed by atoms with Crippen LogP contribution >= 0.6 is 0 Å². The van der Waals surface area contributed by atoms with Gasteiger partial charge in [-0.25, -0.2) is 12.8 Å². The molecule has 2 heterocycles. The van der Waals surface area contributed by atoms with Crippen LogP contribution in [0.25, 0.3) is 0 Å². The number of rotatable bonds is 3. The van der Waals surface area contributed by atoms with Gasteiger partial charge in [0, 0.05) is 25.7 Å². The molecule has 0 spiro atoms. The number of fused-ring (bicyclic) bond motifs is 1. The van der Waals surface area contributed by atoms with E-state index in [9.17, 15) is 17.6 Å². The van der Waals surface area contributed by atoms with Crippen molar-refractivity contribution in [3.8, 4) is 0 Å². The topological polar surface area (TPSA) is 57.7 Å². The third-order valence-corrected chi connectivity index (χ3v) is 8.59. The van der Waals surface area contributed by atoms with E-state index in [1.54, 1.807) is 0 Å². The number of piperidine rings is 2. The van der Waals surface area contributed by atoms with Gasteiger partial charge in [0.15, 0.2) is 0 Å². The van der Waals surface area contributed by atoms with Crippen molar-refractivity contribution in [2.45, 2.75) is 62.3 Å². The highest BCUT2D eigenvalue weighted by Gasteiger charge is 2.40. The molecule has 2 saturated heterocycles. The Morgan fingerprint density at radius 1 is 0.929 bits per heavy atom. The first-order valence-electron chi connectivity index (χ1n) is 10.5. The van der Waals surface area contributed by atoms with Crippen molar-refractivity contribution < 1.29 is 17.6 Å². The Hall–Kier alpha value is -1.47. The summed E-state index contributed by atoms with van der Waals surface area (Å²) in [5.74, 6) is 0.0205. The van der Waals surface area contributed by atoms with Gasteiger partial charge in [0.2, 0.25) is 15.9 Å². The van der Waals surface area contributed by atoms with Crippen LogP contribution in [0.4, 0.5) is 4.39 Å². The van der Waals surface area contributed by atoms with Crippen molar-refractivity contribution in [3.05, 3.63) is 30.1 Å². The summed E-state index contributed by atoms with van der Waals surface area (Å²) in [4.78, 5) is 15.5.